The summed E-state index contributed by atoms with van der Waals surface area (Å²) in [6.07, 6.45) is 1.43. The minimum Gasteiger partial charge on any atom is -0.411 e. The molecular formula is C20H21N5O5S2. The fraction of sp³-hybridized carbons (Fsp3) is 0.200. The predicted molar refractivity (Wildman–Crippen MR) is 123 cm³/mol. The fourth-order valence-electron chi connectivity index (χ4n) is 2.53. The summed E-state index contributed by atoms with van der Waals surface area (Å²) in [6, 6.07) is 13.3. The number of nitrogens with zero attached hydrogens (tertiary/aromatic N) is 2. The molecule has 32 heavy (non-hydrogen) atoms. The Morgan fingerprint density at radius 2 is 1.62 bits per heavy atom. The molecule has 0 bridgehead atoms. The van der Waals surface area contributed by atoms with Crippen LogP contribution in [0.1, 0.15) is 13.3 Å². The molecule has 0 aliphatic heterocycles. The van der Waals surface area contributed by atoms with E-state index in [1.165, 1.54) is 0 Å². The number of hydrogen-bond donors (Lipinski definition) is 3. The topological polar surface area (TPSA) is 143 Å². The van der Waals surface area contributed by atoms with E-state index in [9.17, 15) is 18.0 Å². The highest BCUT2D eigenvalue weighted by Crippen LogP contribution is 2.25. The van der Waals surface area contributed by atoms with Crippen molar-refractivity contribution in [1.29, 1.82) is 0 Å². The Balaban J connectivity index is 1.54. The standard InChI is InChI=1S/C20H21N5O5S2/c1-3-17(26)21-15-5-4-6-16(11-15)22-18(27)12-31-20-24-23-19(30-20)13-7-9-14(10-8-13)25-32(2,28)29/h4-11,25H,3,12H2,1-2H3,(H,21,26)(H,22,27). The van der Waals surface area contributed by atoms with Crippen molar-refractivity contribution in [3.8, 4) is 11.5 Å². The Kier molecular flexibility index (Phi) is 7.49. The smallest absolute Gasteiger partial charge is 0.277 e. The summed E-state index contributed by atoms with van der Waals surface area (Å²) in [5.74, 6) is -0.0923. The molecule has 3 aromatic rings. The van der Waals surface area contributed by atoms with Crippen molar-refractivity contribution >= 4 is 50.7 Å². The van der Waals surface area contributed by atoms with Gasteiger partial charge in [0.15, 0.2) is 0 Å². The van der Waals surface area contributed by atoms with E-state index >= 15 is 0 Å². The minimum atomic E-state index is -3.36. The predicted octanol–water partition coefficient (Wildman–Crippen LogP) is 3.19. The molecule has 0 spiro atoms. The van der Waals surface area contributed by atoms with Crippen LogP contribution in [0.3, 0.4) is 0 Å². The van der Waals surface area contributed by atoms with Crippen LogP contribution in [0.15, 0.2) is 58.2 Å². The summed E-state index contributed by atoms with van der Waals surface area (Å²) >= 11 is 1.08. The van der Waals surface area contributed by atoms with Gasteiger partial charge in [0.2, 0.25) is 27.7 Å². The van der Waals surface area contributed by atoms with Gasteiger partial charge in [0.25, 0.3) is 5.22 Å². The average molecular weight is 476 g/mol. The lowest BCUT2D eigenvalue weighted by Gasteiger charge is -2.07. The Hall–Kier alpha value is -3.38. The van der Waals surface area contributed by atoms with Gasteiger partial charge < -0.3 is 15.1 Å². The van der Waals surface area contributed by atoms with Crippen LogP contribution >= 0.6 is 11.8 Å². The summed E-state index contributed by atoms with van der Waals surface area (Å²) in [7, 11) is -3.36. The Bertz CT molecular complexity index is 1210. The number of nitrogens with one attached hydrogen (secondary N) is 3. The number of benzene rings is 2. The van der Waals surface area contributed by atoms with E-state index < -0.39 is 10.0 Å². The maximum atomic E-state index is 12.2. The van der Waals surface area contributed by atoms with Gasteiger partial charge in [-0.1, -0.05) is 24.8 Å². The maximum Gasteiger partial charge on any atom is 0.277 e. The van der Waals surface area contributed by atoms with Crippen molar-refractivity contribution in [1.82, 2.24) is 10.2 Å². The van der Waals surface area contributed by atoms with Crippen LogP contribution in [0.2, 0.25) is 0 Å². The number of amides is 2. The molecule has 0 radical (unpaired) electrons. The molecule has 0 aliphatic carbocycles. The molecule has 0 saturated carbocycles. The van der Waals surface area contributed by atoms with Gasteiger partial charge in [-0.05, 0) is 42.5 Å². The third-order valence-corrected chi connectivity index (χ3v) is 5.34. The molecular weight excluding hydrogens is 454 g/mol. The average Bonchev–Trinajstić information content (AvgIpc) is 3.21. The second-order valence-electron chi connectivity index (χ2n) is 6.64. The maximum absolute atomic E-state index is 12.2. The zero-order valence-electron chi connectivity index (χ0n) is 17.3. The highest BCUT2D eigenvalue weighted by Gasteiger charge is 2.12. The van der Waals surface area contributed by atoms with Gasteiger partial charge in [0.1, 0.15) is 0 Å². The van der Waals surface area contributed by atoms with E-state index in [2.05, 4.69) is 25.6 Å². The SMILES string of the molecule is CCC(=O)Nc1cccc(NC(=O)CSc2nnc(-c3ccc(NS(C)(=O)=O)cc3)o2)c1. The van der Waals surface area contributed by atoms with Crippen molar-refractivity contribution in [2.45, 2.75) is 18.6 Å². The largest absolute Gasteiger partial charge is 0.411 e. The first-order valence-electron chi connectivity index (χ1n) is 9.46. The van der Waals surface area contributed by atoms with Crippen LogP contribution in [0.25, 0.3) is 11.5 Å². The van der Waals surface area contributed by atoms with Crippen LogP contribution < -0.4 is 15.4 Å². The summed E-state index contributed by atoms with van der Waals surface area (Å²) in [6.45, 7) is 1.76. The summed E-state index contributed by atoms with van der Waals surface area (Å²) in [5, 5.41) is 13.6. The van der Waals surface area contributed by atoms with Crippen molar-refractivity contribution in [3.63, 3.8) is 0 Å². The molecule has 2 amide bonds. The van der Waals surface area contributed by atoms with Gasteiger partial charge in [-0.25, -0.2) is 8.42 Å². The third-order valence-electron chi connectivity index (χ3n) is 3.92. The number of thioether (sulfide) groups is 1. The first-order chi connectivity index (χ1) is 15.2. The first-order valence-corrected chi connectivity index (χ1v) is 12.3. The second kappa shape index (κ2) is 10.3. The van der Waals surface area contributed by atoms with Gasteiger partial charge in [0.05, 0.1) is 12.0 Å². The highest BCUT2D eigenvalue weighted by atomic mass is 32.2. The molecule has 0 fully saturated rings. The molecule has 0 atom stereocenters. The molecule has 0 unspecified atom stereocenters. The molecule has 0 saturated heterocycles. The highest BCUT2D eigenvalue weighted by molar-refractivity contribution is 7.99. The van der Waals surface area contributed by atoms with Crippen LogP contribution in [0, 0.1) is 0 Å². The van der Waals surface area contributed by atoms with E-state index in [1.807, 2.05) is 0 Å². The quantitative estimate of drug-likeness (QED) is 0.400. The molecule has 3 N–H and O–H groups in total. The van der Waals surface area contributed by atoms with Gasteiger partial charge in [0, 0.05) is 29.0 Å². The molecule has 0 aliphatic rings. The second-order valence-corrected chi connectivity index (χ2v) is 9.32. The summed E-state index contributed by atoms with van der Waals surface area (Å²) in [4.78, 5) is 23.7. The lowest BCUT2D eigenvalue weighted by molar-refractivity contribution is -0.116. The van der Waals surface area contributed by atoms with Crippen LogP contribution in [-0.2, 0) is 19.6 Å². The Morgan fingerprint density at radius 1 is 0.969 bits per heavy atom. The molecule has 1 aromatic heterocycles. The van der Waals surface area contributed by atoms with Crippen molar-refractivity contribution in [2.75, 3.05) is 27.4 Å². The van der Waals surface area contributed by atoms with Crippen molar-refractivity contribution < 1.29 is 22.4 Å². The number of hydrogen-bond acceptors (Lipinski definition) is 8. The lowest BCUT2D eigenvalue weighted by Crippen LogP contribution is -2.14. The normalized spacial score (nSPS) is 11.1. The molecule has 10 nitrogen and oxygen atoms in total. The third kappa shape index (κ3) is 7.10. The number of rotatable bonds is 9. The molecule has 2 aromatic carbocycles. The molecule has 3 rings (SSSR count). The van der Waals surface area contributed by atoms with Crippen LogP contribution in [0.4, 0.5) is 17.1 Å². The van der Waals surface area contributed by atoms with Crippen molar-refractivity contribution in [2.24, 2.45) is 0 Å². The zero-order valence-corrected chi connectivity index (χ0v) is 18.9. The fourth-order valence-corrected chi connectivity index (χ4v) is 3.66. The minimum absolute atomic E-state index is 0.0460. The summed E-state index contributed by atoms with van der Waals surface area (Å²) < 4.78 is 30.5. The monoisotopic (exact) mass is 475 g/mol. The number of anilines is 3. The van der Waals surface area contributed by atoms with Gasteiger partial charge >= 0.3 is 0 Å². The van der Waals surface area contributed by atoms with Crippen LogP contribution in [-0.4, -0.2) is 42.4 Å². The van der Waals surface area contributed by atoms with E-state index in [-0.39, 0.29) is 28.7 Å². The summed E-state index contributed by atoms with van der Waals surface area (Å²) in [5.41, 5.74) is 2.18. The van der Waals surface area contributed by atoms with Gasteiger partial charge in [-0.2, -0.15) is 0 Å². The van der Waals surface area contributed by atoms with Gasteiger partial charge in [-0.3, -0.25) is 14.3 Å². The number of carbonyl (C=O) groups is 2. The van der Waals surface area contributed by atoms with Crippen molar-refractivity contribution in [3.05, 3.63) is 48.5 Å². The lowest BCUT2D eigenvalue weighted by atomic mass is 10.2. The van der Waals surface area contributed by atoms with E-state index in [0.717, 1.165) is 18.0 Å². The van der Waals surface area contributed by atoms with E-state index in [1.54, 1.807) is 55.5 Å². The number of aromatic nitrogens is 2. The molecule has 12 heteroatoms. The van der Waals surface area contributed by atoms with Crippen LogP contribution in [0.5, 0.6) is 0 Å². The Labute approximate surface area is 189 Å². The van der Waals surface area contributed by atoms with E-state index in [4.69, 9.17) is 4.42 Å². The zero-order chi connectivity index (χ0) is 23.1. The molecule has 1 heterocycles. The van der Waals surface area contributed by atoms with Gasteiger partial charge in [-0.15, -0.1) is 10.2 Å². The number of sulfonamides is 1. The number of carbonyl (C=O) groups excluding carboxylic acids is 2. The molecule has 168 valence electrons. The van der Waals surface area contributed by atoms with E-state index in [0.29, 0.717) is 29.0 Å². The Morgan fingerprint density at radius 3 is 2.25 bits per heavy atom. The first kappa shape index (κ1) is 23.3.